The van der Waals surface area contributed by atoms with Crippen molar-refractivity contribution < 1.29 is 31.9 Å². The van der Waals surface area contributed by atoms with Crippen molar-refractivity contribution in [1.82, 2.24) is 4.90 Å². The van der Waals surface area contributed by atoms with Gasteiger partial charge in [0.25, 0.3) is 5.91 Å². The predicted octanol–water partition coefficient (Wildman–Crippen LogP) is 3.26. The smallest absolute Gasteiger partial charge is 0.419 e. The van der Waals surface area contributed by atoms with Gasteiger partial charge < -0.3 is 9.64 Å². The van der Waals surface area contributed by atoms with Crippen molar-refractivity contribution in [3.05, 3.63) is 35.1 Å². The Morgan fingerprint density at radius 2 is 1.88 bits per heavy atom. The van der Waals surface area contributed by atoms with Crippen LogP contribution in [0.3, 0.4) is 0 Å². The van der Waals surface area contributed by atoms with Crippen LogP contribution < -0.4 is 0 Å². The molecular formula is C16H17F4NO3. The Bertz CT molecular complexity index is 622. The molecule has 1 aliphatic rings. The third-order valence-electron chi connectivity index (χ3n) is 3.92. The zero-order valence-corrected chi connectivity index (χ0v) is 13.0. The maximum absolute atomic E-state index is 13.6. The molecule has 0 radical (unpaired) electrons. The summed E-state index contributed by atoms with van der Waals surface area (Å²) in [7, 11) is 0. The lowest BCUT2D eigenvalue weighted by Gasteiger charge is -2.31. The molecule has 4 nitrogen and oxygen atoms in total. The van der Waals surface area contributed by atoms with E-state index in [0.29, 0.717) is 25.0 Å². The summed E-state index contributed by atoms with van der Waals surface area (Å²) in [6.45, 7) is 2.52. The molecule has 1 amide bonds. The summed E-state index contributed by atoms with van der Waals surface area (Å²) in [5.74, 6) is -2.64. The van der Waals surface area contributed by atoms with Crippen molar-refractivity contribution in [3.8, 4) is 0 Å². The zero-order chi connectivity index (χ0) is 17.9. The molecular weight excluding hydrogens is 330 g/mol. The van der Waals surface area contributed by atoms with E-state index < -0.39 is 23.5 Å². The van der Waals surface area contributed by atoms with Crippen LogP contribution >= 0.6 is 0 Å². The average molecular weight is 347 g/mol. The number of hydrogen-bond donors (Lipinski definition) is 0. The molecule has 1 aromatic rings. The summed E-state index contributed by atoms with van der Waals surface area (Å²) >= 11 is 0. The van der Waals surface area contributed by atoms with Crippen LogP contribution in [0.2, 0.25) is 0 Å². The molecule has 1 aliphatic heterocycles. The van der Waals surface area contributed by atoms with E-state index in [9.17, 15) is 27.2 Å². The molecule has 1 saturated heterocycles. The van der Waals surface area contributed by atoms with Gasteiger partial charge in [-0.25, -0.2) is 4.39 Å². The Kier molecular flexibility index (Phi) is 5.46. The van der Waals surface area contributed by atoms with E-state index in [-0.39, 0.29) is 37.1 Å². The lowest BCUT2D eigenvalue weighted by atomic mass is 9.96. The summed E-state index contributed by atoms with van der Waals surface area (Å²) in [5, 5.41) is 0. The molecule has 0 unspecified atom stereocenters. The number of alkyl halides is 3. The second kappa shape index (κ2) is 7.19. The molecule has 24 heavy (non-hydrogen) atoms. The van der Waals surface area contributed by atoms with E-state index in [1.807, 2.05) is 0 Å². The topological polar surface area (TPSA) is 46.6 Å². The second-order valence-electron chi connectivity index (χ2n) is 5.51. The summed E-state index contributed by atoms with van der Waals surface area (Å²) in [5.41, 5.74) is -1.55. The lowest BCUT2D eigenvalue weighted by molar-refractivity contribution is -0.149. The quantitative estimate of drug-likeness (QED) is 0.623. The molecule has 132 valence electrons. The van der Waals surface area contributed by atoms with Gasteiger partial charge in [0.2, 0.25) is 0 Å². The molecule has 0 atom stereocenters. The normalized spacial score (nSPS) is 16.1. The van der Waals surface area contributed by atoms with E-state index in [1.54, 1.807) is 6.92 Å². The van der Waals surface area contributed by atoms with E-state index in [2.05, 4.69) is 0 Å². The van der Waals surface area contributed by atoms with Gasteiger partial charge in [-0.3, -0.25) is 9.59 Å². The number of amides is 1. The lowest BCUT2D eigenvalue weighted by Crippen LogP contribution is -2.40. The van der Waals surface area contributed by atoms with E-state index >= 15 is 0 Å². The van der Waals surface area contributed by atoms with Crippen LogP contribution in [-0.4, -0.2) is 36.5 Å². The van der Waals surface area contributed by atoms with E-state index in [0.717, 1.165) is 6.07 Å². The maximum atomic E-state index is 13.6. The van der Waals surface area contributed by atoms with Gasteiger partial charge in [0.1, 0.15) is 5.82 Å². The first kappa shape index (κ1) is 18.2. The maximum Gasteiger partial charge on any atom is 0.419 e. The highest BCUT2D eigenvalue weighted by atomic mass is 19.4. The van der Waals surface area contributed by atoms with Crippen LogP contribution in [0.25, 0.3) is 0 Å². The summed E-state index contributed by atoms with van der Waals surface area (Å²) in [6, 6.07) is 2.13. The first-order valence-electron chi connectivity index (χ1n) is 7.56. The molecule has 0 N–H and O–H groups in total. The molecule has 1 aromatic carbocycles. The van der Waals surface area contributed by atoms with Crippen LogP contribution in [0, 0.1) is 11.7 Å². The van der Waals surface area contributed by atoms with Gasteiger partial charge in [0.05, 0.1) is 18.1 Å². The van der Waals surface area contributed by atoms with Gasteiger partial charge in [-0.05, 0) is 38.0 Å². The molecule has 0 aliphatic carbocycles. The van der Waals surface area contributed by atoms with Gasteiger partial charge in [-0.2, -0.15) is 13.2 Å². The van der Waals surface area contributed by atoms with Gasteiger partial charge in [-0.15, -0.1) is 0 Å². The minimum atomic E-state index is -4.80. The number of halogens is 4. The predicted molar refractivity (Wildman–Crippen MR) is 76.7 cm³/mol. The van der Waals surface area contributed by atoms with Gasteiger partial charge in [0.15, 0.2) is 0 Å². The van der Waals surface area contributed by atoms with Crippen LogP contribution in [0.5, 0.6) is 0 Å². The molecule has 8 heteroatoms. The number of piperidine rings is 1. The van der Waals surface area contributed by atoms with Crippen molar-refractivity contribution in [1.29, 1.82) is 0 Å². The highest BCUT2D eigenvalue weighted by Crippen LogP contribution is 2.32. The SMILES string of the molecule is CCOC(=O)C1CCN(C(=O)c2ccc(C(F)(F)F)c(F)c2)CC1. The second-order valence-corrected chi connectivity index (χ2v) is 5.51. The number of nitrogens with zero attached hydrogens (tertiary/aromatic N) is 1. The number of likely N-dealkylation sites (tertiary alicyclic amines) is 1. The zero-order valence-electron chi connectivity index (χ0n) is 13.0. The van der Waals surface area contributed by atoms with Crippen molar-refractivity contribution in [3.63, 3.8) is 0 Å². The largest absolute Gasteiger partial charge is 0.466 e. The van der Waals surface area contributed by atoms with Gasteiger partial charge >= 0.3 is 12.1 Å². The highest BCUT2D eigenvalue weighted by molar-refractivity contribution is 5.94. The van der Waals surface area contributed by atoms with Crippen molar-refractivity contribution in [2.24, 2.45) is 5.92 Å². The fraction of sp³-hybridized carbons (Fsp3) is 0.500. The third kappa shape index (κ3) is 4.04. The first-order valence-corrected chi connectivity index (χ1v) is 7.56. The van der Waals surface area contributed by atoms with Crippen molar-refractivity contribution in [2.45, 2.75) is 25.9 Å². The molecule has 2 rings (SSSR count). The minimum absolute atomic E-state index is 0.143. The number of carbonyl (C=O) groups is 2. The molecule has 1 fully saturated rings. The fourth-order valence-corrected chi connectivity index (χ4v) is 2.64. The Balaban J connectivity index is 2.03. The standard InChI is InChI=1S/C16H17F4NO3/c1-2-24-15(23)10-5-7-21(8-6-10)14(22)11-3-4-12(13(17)9-11)16(18,19)20/h3-4,9-10H,2,5-8H2,1H3. The summed E-state index contributed by atoms with van der Waals surface area (Å²) < 4.78 is 56.1. The Morgan fingerprint density at radius 3 is 2.38 bits per heavy atom. The van der Waals surface area contributed by atoms with E-state index in [1.165, 1.54) is 4.90 Å². The monoisotopic (exact) mass is 347 g/mol. The first-order chi connectivity index (χ1) is 11.2. The summed E-state index contributed by atoms with van der Waals surface area (Å²) in [6.07, 6.45) is -3.98. The molecule has 0 aromatic heterocycles. The van der Waals surface area contributed by atoms with Gasteiger partial charge in [-0.1, -0.05) is 0 Å². The van der Waals surface area contributed by atoms with Crippen LogP contribution in [0.4, 0.5) is 17.6 Å². The number of esters is 1. The molecule has 1 heterocycles. The van der Waals surface area contributed by atoms with Crippen molar-refractivity contribution >= 4 is 11.9 Å². The third-order valence-corrected chi connectivity index (χ3v) is 3.92. The Labute approximate surface area is 136 Å². The number of ether oxygens (including phenoxy) is 1. The van der Waals surface area contributed by atoms with Crippen LogP contribution in [-0.2, 0) is 15.7 Å². The number of rotatable bonds is 3. The van der Waals surface area contributed by atoms with Crippen LogP contribution in [0.1, 0.15) is 35.7 Å². The minimum Gasteiger partial charge on any atom is -0.466 e. The van der Waals surface area contributed by atoms with Crippen molar-refractivity contribution in [2.75, 3.05) is 19.7 Å². The fourth-order valence-electron chi connectivity index (χ4n) is 2.64. The number of benzene rings is 1. The van der Waals surface area contributed by atoms with Crippen LogP contribution in [0.15, 0.2) is 18.2 Å². The number of hydrogen-bond acceptors (Lipinski definition) is 3. The summed E-state index contributed by atoms with van der Waals surface area (Å²) in [4.78, 5) is 25.3. The van der Waals surface area contributed by atoms with E-state index in [4.69, 9.17) is 4.74 Å². The molecule has 0 bridgehead atoms. The number of carbonyl (C=O) groups excluding carboxylic acids is 2. The Hall–Kier alpha value is -2.12. The Morgan fingerprint density at radius 1 is 1.25 bits per heavy atom. The van der Waals surface area contributed by atoms with Gasteiger partial charge in [0, 0.05) is 18.7 Å². The average Bonchev–Trinajstić information content (AvgIpc) is 2.53. The molecule has 0 saturated carbocycles. The highest BCUT2D eigenvalue weighted by Gasteiger charge is 2.35. The molecule has 0 spiro atoms.